The van der Waals surface area contributed by atoms with Crippen molar-refractivity contribution in [3.63, 3.8) is 0 Å². The molecule has 3 aromatic rings. The van der Waals surface area contributed by atoms with Crippen LogP contribution in [0.15, 0.2) is 60.7 Å². The zero-order chi connectivity index (χ0) is 22.6. The van der Waals surface area contributed by atoms with Crippen LogP contribution in [0.1, 0.15) is 43.8 Å². The van der Waals surface area contributed by atoms with E-state index in [1.54, 1.807) is 6.07 Å². The summed E-state index contributed by atoms with van der Waals surface area (Å²) in [4.78, 5) is 4.88. The molecular formula is C25H32N6O. The molecule has 7 nitrogen and oxygen atoms in total. The fraction of sp³-hybridized carbons (Fsp3) is 0.400. The number of tetrazole rings is 1. The van der Waals surface area contributed by atoms with E-state index in [2.05, 4.69) is 82.5 Å². The molecule has 4 rings (SSSR count). The Labute approximate surface area is 190 Å². The Morgan fingerprint density at radius 1 is 1.00 bits per heavy atom. The van der Waals surface area contributed by atoms with E-state index in [0.29, 0.717) is 0 Å². The van der Waals surface area contributed by atoms with Gasteiger partial charge in [-0.25, -0.2) is 4.68 Å². The molecule has 32 heavy (non-hydrogen) atoms. The fourth-order valence-corrected chi connectivity index (χ4v) is 4.17. The van der Waals surface area contributed by atoms with Crippen molar-refractivity contribution in [3.8, 4) is 5.75 Å². The molecule has 0 amide bonds. The van der Waals surface area contributed by atoms with Gasteiger partial charge < -0.3 is 5.11 Å². The second kappa shape index (κ2) is 9.63. The van der Waals surface area contributed by atoms with Gasteiger partial charge in [0.05, 0.1) is 11.6 Å². The standard InChI is InChI=1S/C25H32N6O/c1-25(2,3)31-24(26-27-28-31)23(21-12-7-13-22(32)19-21)30-17-15-29(16-18-30)14-8-11-20-9-5-4-6-10-20/h4-13,19,23,32H,14-18H2,1-3H3/b11-8+. The van der Waals surface area contributed by atoms with Gasteiger partial charge in [-0.15, -0.1) is 5.10 Å². The molecule has 0 radical (unpaired) electrons. The molecule has 0 saturated carbocycles. The first-order chi connectivity index (χ1) is 15.4. The highest BCUT2D eigenvalue weighted by Crippen LogP contribution is 2.31. The van der Waals surface area contributed by atoms with Gasteiger partial charge in [-0.05, 0) is 54.5 Å². The van der Waals surface area contributed by atoms with Crippen LogP contribution in [0, 0.1) is 0 Å². The topological polar surface area (TPSA) is 70.3 Å². The molecule has 2 aromatic carbocycles. The largest absolute Gasteiger partial charge is 0.508 e. The van der Waals surface area contributed by atoms with Crippen LogP contribution in [0.25, 0.3) is 6.08 Å². The third-order valence-corrected chi connectivity index (χ3v) is 5.81. The van der Waals surface area contributed by atoms with Crippen LogP contribution >= 0.6 is 0 Å². The molecule has 1 N–H and O–H groups in total. The van der Waals surface area contributed by atoms with Gasteiger partial charge >= 0.3 is 0 Å². The first-order valence-corrected chi connectivity index (χ1v) is 11.2. The van der Waals surface area contributed by atoms with Gasteiger partial charge in [-0.3, -0.25) is 9.80 Å². The molecule has 0 aliphatic carbocycles. The molecular weight excluding hydrogens is 400 g/mol. The predicted molar refractivity (Wildman–Crippen MR) is 126 cm³/mol. The lowest BCUT2D eigenvalue weighted by Crippen LogP contribution is -2.48. The van der Waals surface area contributed by atoms with E-state index in [-0.39, 0.29) is 17.3 Å². The number of benzene rings is 2. The lowest BCUT2D eigenvalue weighted by Gasteiger charge is -2.39. The van der Waals surface area contributed by atoms with Crippen molar-refractivity contribution in [2.75, 3.05) is 32.7 Å². The second-order valence-corrected chi connectivity index (χ2v) is 9.27. The van der Waals surface area contributed by atoms with E-state index in [1.165, 1.54) is 5.56 Å². The van der Waals surface area contributed by atoms with Crippen LogP contribution in [0.5, 0.6) is 5.75 Å². The summed E-state index contributed by atoms with van der Waals surface area (Å²) in [6.45, 7) is 11.0. The Morgan fingerprint density at radius 3 is 2.44 bits per heavy atom. The maximum Gasteiger partial charge on any atom is 0.173 e. The number of aromatic hydroxyl groups is 1. The molecule has 1 atom stereocenters. The number of hydrogen-bond donors (Lipinski definition) is 1. The molecule has 0 bridgehead atoms. The minimum Gasteiger partial charge on any atom is -0.508 e. The number of phenols is 1. The van der Waals surface area contributed by atoms with Crippen LogP contribution in [0.3, 0.4) is 0 Å². The Morgan fingerprint density at radius 2 is 1.75 bits per heavy atom. The lowest BCUT2D eigenvalue weighted by atomic mass is 10.0. The summed E-state index contributed by atoms with van der Waals surface area (Å²) >= 11 is 0. The van der Waals surface area contributed by atoms with Crippen molar-refractivity contribution in [1.29, 1.82) is 0 Å². The zero-order valence-electron chi connectivity index (χ0n) is 19.1. The van der Waals surface area contributed by atoms with E-state index in [0.717, 1.165) is 44.1 Å². The maximum atomic E-state index is 10.1. The normalized spacial score (nSPS) is 17.1. The van der Waals surface area contributed by atoms with Gasteiger partial charge in [-0.1, -0.05) is 54.6 Å². The molecule has 2 heterocycles. The molecule has 7 heteroatoms. The molecule has 1 saturated heterocycles. The lowest BCUT2D eigenvalue weighted by molar-refractivity contribution is 0.110. The highest BCUT2D eigenvalue weighted by molar-refractivity contribution is 5.48. The van der Waals surface area contributed by atoms with Gasteiger partial charge in [0.1, 0.15) is 5.75 Å². The van der Waals surface area contributed by atoms with E-state index >= 15 is 0 Å². The van der Waals surface area contributed by atoms with Crippen molar-refractivity contribution in [2.45, 2.75) is 32.4 Å². The van der Waals surface area contributed by atoms with Crippen molar-refractivity contribution in [2.24, 2.45) is 0 Å². The molecule has 1 aliphatic heterocycles. The molecule has 1 unspecified atom stereocenters. The van der Waals surface area contributed by atoms with Gasteiger partial charge in [0.2, 0.25) is 0 Å². The van der Waals surface area contributed by atoms with Crippen LogP contribution in [0.4, 0.5) is 0 Å². The highest BCUT2D eigenvalue weighted by atomic mass is 16.3. The SMILES string of the molecule is CC(C)(C)n1nnnc1C(c1cccc(O)c1)N1CCN(C/C=C/c2ccccc2)CC1. The van der Waals surface area contributed by atoms with Crippen molar-refractivity contribution >= 4 is 6.08 Å². The summed E-state index contributed by atoms with van der Waals surface area (Å²) in [5.41, 5.74) is 1.99. The summed E-state index contributed by atoms with van der Waals surface area (Å²) in [5.74, 6) is 1.06. The third-order valence-electron chi connectivity index (χ3n) is 5.81. The van der Waals surface area contributed by atoms with Crippen molar-refractivity contribution < 1.29 is 5.11 Å². The number of hydrogen-bond acceptors (Lipinski definition) is 6. The quantitative estimate of drug-likeness (QED) is 0.642. The minimum atomic E-state index is -0.238. The molecule has 1 aromatic heterocycles. The number of rotatable bonds is 6. The Kier molecular flexibility index (Phi) is 6.67. The molecule has 1 aliphatic rings. The smallest absolute Gasteiger partial charge is 0.173 e. The maximum absolute atomic E-state index is 10.1. The van der Waals surface area contributed by atoms with E-state index in [4.69, 9.17) is 0 Å². The predicted octanol–water partition coefficient (Wildman–Crippen LogP) is 3.55. The van der Waals surface area contributed by atoms with Gasteiger partial charge in [-0.2, -0.15) is 0 Å². The Bertz CT molecular complexity index is 1030. The van der Waals surface area contributed by atoms with Crippen LogP contribution < -0.4 is 0 Å². The number of phenolic OH excluding ortho intramolecular Hbond substituents is 1. The number of piperazine rings is 1. The van der Waals surface area contributed by atoms with Crippen LogP contribution in [-0.4, -0.2) is 67.8 Å². The molecule has 168 valence electrons. The minimum absolute atomic E-state index is 0.113. The Hall–Kier alpha value is -3.03. The average Bonchev–Trinajstić information content (AvgIpc) is 3.26. The van der Waals surface area contributed by atoms with Crippen LogP contribution in [-0.2, 0) is 5.54 Å². The number of aromatic nitrogens is 4. The summed E-state index contributed by atoms with van der Waals surface area (Å²) in [7, 11) is 0. The van der Waals surface area contributed by atoms with Gasteiger partial charge in [0.25, 0.3) is 0 Å². The first kappa shape index (κ1) is 22.2. The average molecular weight is 433 g/mol. The van der Waals surface area contributed by atoms with E-state index in [9.17, 15) is 5.11 Å². The van der Waals surface area contributed by atoms with Gasteiger partial charge in [0, 0.05) is 32.7 Å². The Balaban J connectivity index is 1.50. The first-order valence-electron chi connectivity index (χ1n) is 11.2. The summed E-state index contributed by atoms with van der Waals surface area (Å²) < 4.78 is 1.90. The van der Waals surface area contributed by atoms with Crippen molar-refractivity contribution in [1.82, 2.24) is 30.0 Å². The summed E-state index contributed by atoms with van der Waals surface area (Å²) in [6.07, 6.45) is 4.41. The zero-order valence-corrected chi connectivity index (χ0v) is 19.1. The number of nitrogens with zero attached hydrogens (tertiary/aromatic N) is 6. The van der Waals surface area contributed by atoms with Crippen LogP contribution in [0.2, 0.25) is 0 Å². The van der Waals surface area contributed by atoms with Crippen molar-refractivity contribution in [3.05, 3.63) is 77.6 Å². The monoisotopic (exact) mass is 432 g/mol. The molecule has 0 spiro atoms. The van der Waals surface area contributed by atoms with E-state index < -0.39 is 0 Å². The van der Waals surface area contributed by atoms with Gasteiger partial charge in [0.15, 0.2) is 5.82 Å². The highest BCUT2D eigenvalue weighted by Gasteiger charge is 2.33. The molecule has 1 fully saturated rings. The fourth-order valence-electron chi connectivity index (χ4n) is 4.17. The third kappa shape index (κ3) is 5.23. The second-order valence-electron chi connectivity index (χ2n) is 9.27. The summed E-state index contributed by atoms with van der Waals surface area (Å²) in [6, 6.07) is 17.7. The van der Waals surface area contributed by atoms with E-state index in [1.807, 2.05) is 28.9 Å². The summed E-state index contributed by atoms with van der Waals surface area (Å²) in [5, 5.41) is 22.8.